The van der Waals surface area contributed by atoms with Crippen molar-refractivity contribution in [3.8, 4) is 0 Å². The number of nitrogens with zero attached hydrogens (tertiary/aromatic N) is 1. The molecule has 0 bridgehead atoms. The lowest BCUT2D eigenvalue weighted by Crippen LogP contribution is -2.56. The third-order valence-corrected chi connectivity index (χ3v) is 3.75. The monoisotopic (exact) mass is 352 g/mol. The highest BCUT2D eigenvalue weighted by atomic mass is 16.5. The SMILES string of the molecule is CC\C(=N/C=C(C)/C=C/C(=O)NO)NC(C)(C)C(=O)N[C@@H](C)C(C)C. The summed E-state index contributed by atoms with van der Waals surface area (Å²) in [5.74, 6) is 0.321. The van der Waals surface area contributed by atoms with Gasteiger partial charge >= 0.3 is 0 Å². The molecule has 0 aliphatic heterocycles. The van der Waals surface area contributed by atoms with E-state index >= 15 is 0 Å². The quantitative estimate of drug-likeness (QED) is 0.134. The van der Waals surface area contributed by atoms with E-state index in [1.54, 1.807) is 13.1 Å². The van der Waals surface area contributed by atoms with E-state index < -0.39 is 11.4 Å². The molecular formula is C18H32N4O3. The van der Waals surface area contributed by atoms with Crippen LogP contribution in [0.15, 0.2) is 28.9 Å². The Labute approximate surface area is 150 Å². The average molecular weight is 352 g/mol. The maximum Gasteiger partial charge on any atom is 0.267 e. The number of allylic oxidation sites excluding steroid dienone is 2. The standard InChI is InChI=1S/C18H32N4O3/c1-8-15(19-11-13(4)9-10-16(23)22-25)21-18(6,7)17(24)20-14(5)12(2)3/h9-12,14,25H,8H2,1-7H3,(H,19,21)(H,20,24)(H,22,23)/b10-9+,13-11+/t14-/m0/s1. The maximum atomic E-state index is 12.5. The first kappa shape index (κ1) is 22.9. The predicted molar refractivity (Wildman–Crippen MR) is 100 cm³/mol. The summed E-state index contributed by atoms with van der Waals surface area (Å²) in [4.78, 5) is 27.7. The summed E-state index contributed by atoms with van der Waals surface area (Å²) in [6, 6.07) is 0.0838. The van der Waals surface area contributed by atoms with Crippen LogP contribution in [-0.2, 0) is 9.59 Å². The highest BCUT2D eigenvalue weighted by Crippen LogP contribution is 2.08. The number of hydroxylamine groups is 1. The first-order valence-corrected chi connectivity index (χ1v) is 8.48. The van der Waals surface area contributed by atoms with Gasteiger partial charge in [0.25, 0.3) is 5.91 Å². The van der Waals surface area contributed by atoms with Crippen molar-refractivity contribution >= 4 is 17.6 Å². The van der Waals surface area contributed by atoms with Crippen LogP contribution in [0.2, 0.25) is 0 Å². The van der Waals surface area contributed by atoms with E-state index in [2.05, 4.69) is 29.5 Å². The van der Waals surface area contributed by atoms with Crippen molar-refractivity contribution in [2.45, 2.75) is 66.5 Å². The number of amides is 2. The molecule has 7 heteroatoms. The van der Waals surface area contributed by atoms with E-state index in [1.165, 1.54) is 17.6 Å². The minimum atomic E-state index is -0.799. The van der Waals surface area contributed by atoms with Crippen LogP contribution in [-0.4, -0.2) is 34.4 Å². The fourth-order valence-corrected chi connectivity index (χ4v) is 1.65. The predicted octanol–water partition coefficient (Wildman–Crippen LogP) is 2.29. The Hall–Kier alpha value is -2.15. The highest BCUT2D eigenvalue weighted by molar-refractivity contribution is 5.93. The summed E-state index contributed by atoms with van der Waals surface area (Å²) in [5.41, 5.74) is 1.45. The van der Waals surface area contributed by atoms with Crippen LogP contribution in [0.3, 0.4) is 0 Å². The van der Waals surface area contributed by atoms with E-state index in [1.807, 2.05) is 27.7 Å². The molecule has 1 atom stereocenters. The minimum absolute atomic E-state index is 0.0838. The summed E-state index contributed by atoms with van der Waals surface area (Å²) >= 11 is 0. The van der Waals surface area contributed by atoms with Crippen molar-refractivity contribution in [3.05, 3.63) is 23.9 Å². The third kappa shape index (κ3) is 9.05. The molecule has 0 aromatic heterocycles. The van der Waals surface area contributed by atoms with Gasteiger partial charge in [-0.3, -0.25) is 14.8 Å². The van der Waals surface area contributed by atoms with Crippen molar-refractivity contribution in [3.63, 3.8) is 0 Å². The molecule has 7 nitrogen and oxygen atoms in total. The van der Waals surface area contributed by atoms with Crippen molar-refractivity contribution < 1.29 is 14.8 Å². The zero-order valence-electron chi connectivity index (χ0n) is 16.3. The molecule has 2 amide bonds. The fraction of sp³-hybridized carbons (Fsp3) is 0.611. The van der Waals surface area contributed by atoms with E-state index in [9.17, 15) is 9.59 Å². The molecule has 0 saturated carbocycles. The second-order valence-corrected chi connectivity index (χ2v) is 6.87. The topological polar surface area (TPSA) is 103 Å². The van der Waals surface area contributed by atoms with Crippen LogP contribution < -0.4 is 16.1 Å². The molecule has 0 aliphatic rings. The molecule has 0 heterocycles. The van der Waals surface area contributed by atoms with Gasteiger partial charge in [0.05, 0.1) is 0 Å². The summed E-state index contributed by atoms with van der Waals surface area (Å²) < 4.78 is 0. The van der Waals surface area contributed by atoms with Gasteiger partial charge in [0.15, 0.2) is 0 Å². The summed E-state index contributed by atoms with van der Waals surface area (Å²) in [5, 5.41) is 14.6. The van der Waals surface area contributed by atoms with Crippen LogP contribution in [0.4, 0.5) is 0 Å². The Bertz CT molecular complexity index is 549. The number of hydrogen-bond donors (Lipinski definition) is 4. The van der Waals surface area contributed by atoms with Crippen LogP contribution in [0, 0.1) is 5.92 Å². The Morgan fingerprint density at radius 1 is 1.20 bits per heavy atom. The first-order chi connectivity index (χ1) is 11.5. The lowest BCUT2D eigenvalue weighted by molar-refractivity contribution is -0.127. The Kier molecular flexibility index (Phi) is 9.74. The number of carbonyl (C=O) groups is 2. The average Bonchev–Trinajstić information content (AvgIpc) is 2.55. The van der Waals surface area contributed by atoms with Gasteiger partial charge in [0, 0.05) is 24.7 Å². The third-order valence-electron chi connectivity index (χ3n) is 3.75. The fourth-order valence-electron chi connectivity index (χ4n) is 1.65. The number of carbonyl (C=O) groups excluding carboxylic acids is 2. The molecular weight excluding hydrogens is 320 g/mol. The molecule has 0 aromatic rings. The number of rotatable bonds is 8. The van der Waals surface area contributed by atoms with Crippen molar-refractivity contribution in [2.75, 3.05) is 0 Å². The molecule has 4 N–H and O–H groups in total. The lowest BCUT2D eigenvalue weighted by Gasteiger charge is -2.29. The molecule has 0 unspecified atom stereocenters. The largest absolute Gasteiger partial charge is 0.360 e. The van der Waals surface area contributed by atoms with Gasteiger partial charge in [0.1, 0.15) is 11.4 Å². The molecule has 0 radical (unpaired) electrons. The smallest absolute Gasteiger partial charge is 0.267 e. The van der Waals surface area contributed by atoms with Gasteiger partial charge in [-0.15, -0.1) is 0 Å². The van der Waals surface area contributed by atoms with Crippen molar-refractivity contribution in [1.82, 2.24) is 16.1 Å². The number of nitrogens with one attached hydrogen (secondary N) is 3. The summed E-state index contributed by atoms with van der Waals surface area (Å²) in [6.07, 6.45) is 4.95. The lowest BCUT2D eigenvalue weighted by atomic mass is 10.0. The first-order valence-electron chi connectivity index (χ1n) is 8.48. The number of aliphatic imine (C=N–C) groups is 1. The molecule has 142 valence electrons. The number of hydrogen-bond acceptors (Lipinski definition) is 4. The van der Waals surface area contributed by atoms with Crippen LogP contribution in [0.1, 0.15) is 54.9 Å². The van der Waals surface area contributed by atoms with E-state index in [-0.39, 0.29) is 11.9 Å². The van der Waals surface area contributed by atoms with E-state index in [0.29, 0.717) is 18.2 Å². The zero-order chi connectivity index (χ0) is 19.6. The highest BCUT2D eigenvalue weighted by Gasteiger charge is 2.29. The Balaban J connectivity index is 5.02. The van der Waals surface area contributed by atoms with Gasteiger partial charge in [-0.2, -0.15) is 0 Å². The van der Waals surface area contributed by atoms with E-state index in [0.717, 1.165) is 5.57 Å². The second-order valence-electron chi connectivity index (χ2n) is 6.87. The summed E-state index contributed by atoms with van der Waals surface area (Å²) in [6.45, 7) is 13.4. The zero-order valence-corrected chi connectivity index (χ0v) is 16.3. The van der Waals surface area contributed by atoms with Crippen molar-refractivity contribution in [1.29, 1.82) is 0 Å². The molecule has 25 heavy (non-hydrogen) atoms. The normalized spacial score (nSPS) is 14.6. The Morgan fingerprint density at radius 2 is 1.80 bits per heavy atom. The second kappa shape index (κ2) is 10.7. The Morgan fingerprint density at radius 3 is 2.28 bits per heavy atom. The van der Waals surface area contributed by atoms with Gasteiger partial charge in [-0.25, -0.2) is 10.5 Å². The number of amidine groups is 1. The molecule has 0 saturated heterocycles. The van der Waals surface area contributed by atoms with Crippen molar-refractivity contribution in [2.24, 2.45) is 10.9 Å². The molecule has 0 spiro atoms. The van der Waals surface area contributed by atoms with Crippen LogP contribution in [0.5, 0.6) is 0 Å². The molecule has 0 aliphatic carbocycles. The van der Waals surface area contributed by atoms with Gasteiger partial charge in [-0.05, 0) is 39.2 Å². The molecule has 0 aromatic carbocycles. The van der Waals surface area contributed by atoms with E-state index in [4.69, 9.17) is 5.21 Å². The van der Waals surface area contributed by atoms with Gasteiger partial charge in [-0.1, -0.05) is 26.8 Å². The summed E-state index contributed by atoms with van der Waals surface area (Å²) in [7, 11) is 0. The van der Waals surface area contributed by atoms with Crippen LogP contribution in [0.25, 0.3) is 0 Å². The molecule has 0 fully saturated rings. The maximum absolute atomic E-state index is 12.5. The van der Waals surface area contributed by atoms with Gasteiger partial charge in [0.2, 0.25) is 5.91 Å². The minimum Gasteiger partial charge on any atom is -0.360 e. The van der Waals surface area contributed by atoms with Crippen LogP contribution >= 0.6 is 0 Å². The van der Waals surface area contributed by atoms with Gasteiger partial charge < -0.3 is 10.6 Å². The molecule has 0 rings (SSSR count).